The van der Waals surface area contributed by atoms with Crippen molar-refractivity contribution in [3.63, 3.8) is 0 Å². The van der Waals surface area contributed by atoms with Crippen molar-refractivity contribution in [2.24, 2.45) is 7.05 Å². The summed E-state index contributed by atoms with van der Waals surface area (Å²) in [6.07, 6.45) is 5.91. The number of carbonyl (C=O) groups is 1. The first-order chi connectivity index (χ1) is 18.8. The molecule has 0 aliphatic heterocycles. The maximum absolute atomic E-state index is 11.1. The third kappa shape index (κ3) is 5.98. The fourth-order valence-corrected chi connectivity index (χ4v) is 4.58. The van der Waals surface area contributed by atoms with Crippen LogP contribution in [0.2, 0.25) is 10.0 Å². The zero-order valence-electron chi connectivity index (χ0n) is 20.8. The van der Waals surface area contributed by atoms with Gasteiger partial charge in [-0.25, -0.2) is 9.78 Å². The number of aromatic nitrogens is 2. The van der Waals surface area contributed by atoms with Gasteiger partial charge in [0.1, 0.15) is 17.3 Å². The highest BCUT2D eigenvalue weighted by molar-refractivity contribution is 6.36. The van der Waals surface area contributed by atoms with Gasteiger partial charge in [-0.3, -0.25) is 0 Å². The maximum Gasteiger partial charge on any atom is 0.337 e. The molecule has 8 heteroatoms. The lowest BCUT2D eigenvalue weighted by Gasteiger charge is -2.09. The Hall–Kier alpha value is -4.52. The van der Waals surface area contributed by atoms with Gasteiger partial charge in [-0.2, -0.15) is 0 Å². The molecule has 0 fully saturated rings. The van der Waals surface area contributed by atoms with Crippen LogP contribution in [0.5, 0.6) is 11.5 Å². The Kier molecular flexibility index (Phi) is 7.41. The molecule has 0 bridgehead atoms. The predicted molar refractivity (Wildman–Crippen MR) is 157 cm³/mol. The maximum atomic E-state index is 11.1. The predicted octanol–water partition coefficient (Wildman–Crippen LogP) is 8.30. The number of halogens is 2. The number of nitrogen functional groups attached to an aromatic ring is 1. The molecule has 0 saturated heterocycles. The zero-order chi connectivity index (χ0) is 27.5. The smallest absolute Gasteiger partial charge is 0.337 e. The molecule has 1 heterocycles. The molecule has 5 aromatic rings. The Morgan fingerprint density at radius 3 is 2.21 bits per heavy atom. The summed E-state index contributed by atoms with van der Waals surface area (Å²) < 4.78 is 7.77. The largest absolute Gasteiger partial charge is 0.478 e. The second-order valence-corrected chi connectivity index (χ2v) is 9.70. The summed E-state index contributed by atoms with van der Waals surface area (Å²) in [6, 6.07) is 25.7. The van der Waals surface area contributed by atoms with Crippen LogP contribution in [0, 0.1) is 0 Å². The number of rotatable bonds is 7. The third-order valence-corrected chi connectivity index (χ3v) is 6.68. The third-order valence-electron chi connectivity index (χ3n) is 6.13. The summed E-state index contributed by atoms with van der Waals surface area (Å²) in [4.78, 5) is 15.8. The number of carboxylic acids is 1. The van der Waals surface area contributed by atoms with Crippen LogP contribution < -0.4 is 10.5 Å². The van der Waals surface area contributed by atoms with Crippen molar-refractivity contribution >= 4 is 47.0 Å². The number of aromatic carboxylic acids is 1. The van der Waals surface area contributed by atoms with E-state index < -0.39 is 5.97 Å². The lowest BCUT2D eigenvalue weighted by Crippen LogP contribution is -2.02. The van der Waals surface area contributed by atoms with Crippen molar-refractivity contribution in [1.82, 2.24) is 9.55 Å². The number of carboxylic acid groups (broad SMARTS) is 1. The average Bonchev–Trinajstić information content (AvgIpc) is 3.28. The summed E-state index contributed by atoms with van der Waals surface area (Å²) in [5.41, 5.74) is 10.7. The molecular formula is C31H23Cl2N3O3. The van der Waals surface area contributed by atoms with Gasteiger partial charge in [-0.1, -0.05) is 65.7 Å². The molecule has 3 N–H and O–H groups in total. The van der Waals surface area contributed by atoms with Crippen molar-refractivity contribution in [1.29, 1.82) is 0 Å². The average molecular weight is 556 g/mol. The number of aryl methyl sites for hydroxylation is 1. The minimum atomic E-state index is -1.07. The number of anilines is 1. The summed E-state index contributed by atoms with van der Waals surface area (Å²) >= 11 is 12.4. The first-order valence-corrected chi connectivity index (χ1v) is 12.7. The van der Waals surface area contributed by atoms with E-state index in [9.17, 15) is 4.79 Å². The van der Waals surface area contributed by atoms with Crippen LogP contribution in [-0.4, -0.2) is 20.6 Å². The number of hydrogen-bond donors (Lipinski definition) is 2. The summed E-state index contributed by atoms with van der Waals surface area (Å²) in [5.74, 6) is 0.817. The number of nitrogens with zero attached hydrogens (tertiary/aromatic N) is 2. The van der Waals surface area contributed by atoms with E-state index in [1.54, 1.807) is 18.2 Å². The van der Waals surface area contributed by atoms with Crippen LogP contribution in [0.1, 0.15) is 21.7 Å². The standard InChI is InChI=1S/C31H23Cl2N3O3/c1-36-18-29(25-13-9-22(32)16-27(25)33)35-30(36)15-4-19-2-5-20(6-3-19)21-7-10-23(11-8-21)39-24-12-14-26(31(37)38)28(34)17-24/h2-18H,34H2,1H3,(H,37,38)/b15-4+. The van der Waals surface area contributed by atoms with Gasteiger partial charge in [0.2, 0.25) is 0 Å². The van der Waals surface area contributed by atoms with Crippen molar-refractivity contribution in [3.8, 4) is 33.9 Å². The van der Waals surface area contributed by atoms with E-state index in [4.69, 9.17) is 43.8 Å². The fraction of sp³-hybridized carbons (Fsp3) is 0.0323. The first kappa shape index (κ1) is 26.1. The van der Waals surface area contributed by atoms with Gasteiger partial charge in [-0.05, 0) is 65.2 Å². The zero-order valence-corrected chi connectivity index (χ0v) is 22.3. The highest BCUT2D eigenvalue weighted by atomic mass is 35.5. The quantitative estimate of drug-likeness (QED) is 0.197. The molecule has 0 aliphatic carbocycles. The van der Waals surface area contributed by atoms with Crippen LogP contribution >= 0.6 is 23.2 Å². The van der Waals surface area contributed by atoms with Crippen LogP contribution in [-0.2, 0) is 7.05 Å². The Labute approximate surface area is 235 Å². The molecule has 4 aromatic carbocycles. The molecule has 194 valence electrons. The van der Waals surface area contributed by atoms with Gasteiger partial charge < -0.3 is 20.1 Å². The molecule has 39 heavy (non-hydrogen) atoms. The first-order valence-electron chi connectivity index (χ1n) is 11.9. The highest BCUT2D eigenvalue weighted by Gasteiger charge is 2.11. The minimum absolute atomic E-state index is 0.0449. The van der Waals surface area contributed by atoms with E-state index in [-0.39, 0.29) is 11.3 Å². The molecule has 6 nitrogen and oxygen atoms in total. The van der Waals surface area contributed by atoms with E-state index in [1.165, 1.54) is 12.1 Å². The van der Waals surface area contributed by atoms with Crippen LogP contribution in [0.4, 0.5) is 5.69 Å². The van der Waals surface area contributed by atoms with E-state index in [0.29, 0.717) is 21.5 Å². The van der Waals surface area contributed by atoms with E-state index in [2.05, 4.69) is 12.1 Å². The SMILES string of the molecule is Cn1cc(-c2ccc(Cl)cc2Cl)nc1/C=C/c1ccc(-c2ccc(Oc3ccc(C(=O)O)c(N)c3)cc2)cc1. The Bertz CT molecular complexity index is 1690. The van der Waals surface area contributed by atoms with Crippen LogP contribution in [0.25, 0.3) is 34.5 Å². The van der Waals surface area contributed by atoms with Gasteiger partial charge in [0.25, 0.3) is 0 Å². The number of ether oxygens (including phenoxy) is 1. The number of imidazole rings is 1. The molecule has 0 atom stereocenters. The van der Waals surface area contributed by atoms with Gasteiger partial charge >= 0.3 is 5.97 Å². The molecular weight excluding hydrogens is 533 g/mol. The monoisotopic (exact) mass is 555 g/mol. The molecule has 5 rings (SSSR count). The van der Waals surface area contributed by atoms with Crippen molar-refractivity contribution in [3.05, 3.63) is 118 Å². The second-order valence-electron chi connectivity index (χ2n) is 8.86. The molecule has 0 spiro atoms. The van der Waals surface area contributed by atoms with Gasteiger partial charge in [-0.15, -0.1) is 0 Å². The number of benzene rings is 4. The molecule has 0 unspecified atom stereocenters. The topological polar surface area (TPSA) is 90.4 Å². The lowest BCUT2D eigenvalue weighted by molar-refractivity contribution is 0.0698. The van der Waals surface area contributed by atoms with Crippen molar-refractivity contribution in [2.45, 2.75) is 0 Å². The molecule has 1 aromatic heterocycles. The van der Waals surface area contributed by atoms with Gasteiger partial charge in [0.05, 0.1) is 16.3 Å². The molecule has 0 saturated carbocycles. The van der Waals surface area contributed by atoms with Gasteiger partial charge in [0, 0.05) is 35.6 Å². The van der Waals surface area contributed by atoms with Crippen molar-refractivity contribution in [2.75, 3.05) is 5.73 Å². The summed E-state index contributed by atoms with van der Waals surface area (Å²) in [7, 11) is 1.94. The molecule has 0 radical (unpaired) electrons. The molecule has 0 amide bonds. The highest BCUT2D eigenvalue weighted by Crippen LogP contribution is 2.31. The number of hydrogen-bond acceptors (Lipinski definition) is 4. The van der Waals surface area contributed by atoms with E-state index in [0.717, 1.165) is 33.8 Å². The van der Waals surface area contributed by atoms with E-state index in [1.807, 2.05) is 72.4 Å². The lowest BCUT2D eigenvalue weighted by atomic mass is 10.0. The Morgan fingerprint density at radius 2 is 1.56 bits per heavy atom. The summed E-state index contributed by atoms with van der Waals surface area (Å²) in [5, 5.41) is 10.3. The minimum Gasteiger partial charge on any atom is -0.478 e. The second kappa shape index (κ2) is 11.1. The molecule has 0 aliphatic rings. The van der Waals surface area contributed by atoms with Gasteiger partial charge in [0.15, 0.2) is 0 Å². The van der Waals surface area contributed by atoms with Crippen molar-refractivity contribution < 1.29 is 14.6 Å². The Balaban J connectivity index is 1.26. The van der Waals surface area contributed by atoms with Crippen LogP contribution in [0.15, 0.2) is 91.1 Å². The van der Waals surface area contributed by atoms with E-state index >= 15 is 0 Å². The fourth-order valence-electron chi connectivity index (χ4n) is 4.07. The van der Waals surface area contributed by atoms with Crippen LogP contribution in [0.3, 0.4) is 0 Å². The summed E-state index contributed by atoms with van der Waals surface area (Å²) in [6.45, 7) is 0. The number of nitrogens with two attached hydrogens (primary N) is 1. The normalized spacial score (nSPS) is 11.2. The Morgan fingerprint density at radius 1 is 0.897 bits per heavy atom.